The number of imidazole rings is 1. The lowest BCUT2D eigenvalue weighted by atomic mass is 10.3. The molecule has 3 aromatic carbocycles. The highest BCUT2D eigenvalue weighted by molar-refractivity contribution is 6.03. The van der Waals surface area contributed by atoms with Gasteiger partial charge in [0, 0.05) is 17.8 Å². The summed E-state index contributed by atoms with van der Waals surface area (Å²) in [6, 6.07) is 20.5. The number of amides is 1. The number of nitrogens with one attached hydrogen (secondary N) is 2. The van der Waals surface area contributed by atoms with Crippen molar-refractivity contribution >= 4 is 28.3 Å². The summed E-state index contributed by atoms with van der Waals surface area (Å²) in [7, 11) is 0. The van der Waals surface area contributed by atoms with Crippen molar-refractivity contribution in [2.75, 3.05) is 5.32 Å². The van der Waals surface area contributed by atoms with Crippen molar-refractivity contribution in [2.45, 2.75) is 0 Å². The molecule has 4 rings (SSSR count). The Balaban J connectivity index is 1.47. The first-order valence-electron chi connectivity index (χ1n) is 8.37. The van der Waals surface area contributed by atoms with Crippen molar-refractivity contribution in [2.24, 2.45) is 0 Å². The SMILES string of the molecule is O=C(Nc1ccc(Oc2ccccc2)cc1)c1nc2cc([N+](=O)[O-])ccc2[nH]1. The molecule has 0 aliphatic rings. The number of non-ortho nitro benzene ring substituents is 1. The van der Waals surface area contributed by atoms with Crippen molar-refractivity contribution < 1.29 is 14.5 Å². The molecule has 8 nitrogen and oxygen atoms in total. The third-order valence-corrected chi connectivity index (χ3v) is 3.98. The van der Waals surface area contributed by atoms with E-state index in [1.54, 1.807) is 24.3 Å². The molecule has 1 aromatic heterocycles. The predicted molar refractivity (Wildman–Crippen MR) is 104 cm³/mol. The van der Waals surface area contributed by atoms with Crippen LogP contribution in [0.4, 0.5) is 11.4 Å². The van der Waals surface area contributed by atoms with Gasteiger partial charge >= 0.3 is 0 Å². The number of rotatable bonds is 5. The van der Waals surface area contributed by atoms with Crippen molar-refractivity contribution in [3.05, 3.63) is 88.7 Å². The molecule has 0 unspecified atom stereocenters. The molecule has 4 aromatic rings. The first-order valence-corrected chi connectivity index (χ1v) is 8.37. The molecule has 138 valence electrons. The third kappa shape index (κ3) is 3.65. The van der Waals surface area contributed by atoms with E-state index < -0.39 is 10.8 Å². The second-order valence-corrected chi connectivity index (χ2v) is 5.94. The highest BCUT2D eigenvalue weighted by Crippen LogP contribution is 2.23. The molecular formula is C20H14N4O4. The average Bonchev–Trinajstić information content (AvgIpc) is 3.14. The van der Waals surface area contributed by atoms with E-state index in [4.69, 9.17) is 4.74 Å². The van der Waals surface area contributed by atoms with Gasteiger partial charge in [-0.1, -0.05) is 18.2 Å². The molecule has 0 fully saturated rings. The fourth-order valence-electron chi connectivity index (χ4n) is 2.64. The molecular weight excluding hydrogens is 360 g/mol. The maximum absolute atomic E-state index is 12.4. The Morgan fingerprint density at radius 1 is 1.00 bits per heavy atom. The summed E-state index contributed by atoms with van der Waals surface area (Å²) >= 11 is 0. The second-order valence-electron chi connectivity index (χ2n) is 5.94. The summed E-state index contributed by atoms with van der Waals surface area (Å²) in [5.74, 6) is 0.978. The van der Waals surface area contributed by atoms with E-state index in [0.29, 0.717) is 22.5 Å². The molecule has 0 aliphatic carbocycles. The van der Waals surface area contributed by atoms with Gasteiger partial charge in [0.25, 0.3) is 11.6 Å². The van der Waals surface area contributed by atoms with Gasteiger partial charge in [0.2, 0.25) is 0 Å². The highest BCUT2D eigenvalue weighted by Gasteiger charge is 2.14. The molecule has 0 spiro atoms. The van der Waals surface area contributed by atoms with Gasteiger partial charge in [-0.3, -0.25) is 14.9 Å². The Kier molecular flexibility index (Phi) is 4.43. The van der Waals surface area contributed by atoms with Crippen LogP contribution in [-0.2, 0) is 0 Å². The van der Waals surface area contributed by atoms with Crippen LogP contribution in [0.25, 0.3) is 11.0 Å². The lowest BCUT2D eigenvalue weighted by Gasteiger charge is -2.07. The first-order chi connectivity index (χ1) is 13.6. The fourth-order valence-corrected chi connectivity index (χ4v) is 2.64. The number of aromatic nitrogens is 2. The molecule has 8 heteroatoms. The number of hydrogen-bond acceptors (Lipinski definition) is 5. The minimum atomic E-state index is -0.507. The van der Waals surface area contributed by atoms with Gasteiger partial charge in [-0.05, 0) is 42.5 Å². The van der Waals surface area contributed by atoms with Gasteiger partial charge in [0.1, 0.15) is 11.5 Å². The maximum Gasteiger partial charge on any atom is 0.291 e. The summed E-state index contributed by atoms with van der Waals surface area (Å²) in [6.45, 7) is 0. The molecule has 0 atom stereocenters. The molecule has 0 bridgehead atoms. The summed E-state index contributed by atoms with van der Waals surface area (Å²) in [6.07, 6.45) is 0. The highest BCUT2D eigenvalue weighted by atomic mass is 16.6. The normalized spacial score (nSPS) is 10.6. The van der Waals surface area contributed by atoms with Crippen LogP contribution in [0.5, 0.6) is 11.5 Å². The van der Waals surface area contributed by atoms with Crippen molar-refractivity contribution in [3.63, 3.8) is 0 Å². The minimum absolute atomic E-state index is 0.0695. The Hall–Kier alpha value is -4.20. The van der Waals surface area contributed by atoms with Gasteiger partial charge in [0.05, 0.1) is 16.0 Å². The van der Waals surface area contributed by atoms with Crippen LogP contribution in [0.1, 0.15) is 10.6 Å². The van der Waals surface area contributed by atoms with E-state index in [2.05, 4.69) is 15.3 Å². The van der Waals surface area contributed by atoms with E-state index in [-0.39, 0.29) is 11.5 Å². The number of fused-ring (bicyclic) bond motifs is 1. The second kappa shape index (κ2) is 7.20. The molecule has 1 heterocycles. The number of ether oxygens (including phenoxy) is 1. The van der Waals surface area contributed by atoms with Crippen LogP contribution in [0.15, 0.2) is 72.8 Å². The summed E-state index contributed by atoms with van der Waals surface area (Å²) in [5, 5.41) is 13.6. The molecule has 28 heavy (non-hydrogen) atoms. The standard InChI is InChI=1S/C20H14N4O4/c25-20(19-22-17-11-8-14(24(26)27)12-18(17)23-19)21-13-6-9-16(10-7-13)28-15-4-2-1-3-5-15/h1-12H,(H,21,25)(H,22,23). The van der Waals surface area contributed by atoms with Gasteiger partial charge in [0.15, 0.2) is 5.82 Å². The molecule has 0 saturated heterocycles. The number of hydrogen-bond donors (Lipinski definition) is 2. The zero-order valence-electron chi connectivity index (χ0n) is 14.5. The summed E-state index contributed by atoms with van der Waals surface area (Å²) in [5.41, 5.74) is 1.38. The Labute approximate surface area is 158 Å². The number of nitrogens with zero attached hydrogens (tertiary/aromatic N) is 2. The fraction of sp³-hybridized carbons (Fsp3) is 0. The number of H-pyrrole nitrogens is 1. The monoisotopic (exact) mass is 374 g/mol. The Bertz CT molecular complexity index is 1150. The lowest BCUT2D eigenvalue weighted by Crippen LogP contribution is -2.13. The van der Waals surface area contributed by atoms with Crippen molar-refractivity contribution in [3.8, 4) is 11.5 Å². The van der Waals surface area contributed by atoms with E-state index in [0.717, 1.165) is 5.75 Å². The average molecular weight is 374 g/mol. The van der Waals surface area contributed by atoms with Crippen LogP contribution in [0.3, 0.4) is 0 Å². The number of nitro groups is 1. The van der Waals surface area contributed by atoms with Crippen LogP contribution in [0, 0.1) is 10.1 Å². The van der Waals surface area contributed by atoms with Crippen molar-refractivity contribution in [1.29, 1.82) is 0 Å². The van der Waals surface area contributed by atoms with Gasteiger partial charge < -0.3 is 15.0 Å². The number of para-hydroxylation sites is 1. The van der Waals surface area contributed by atoms with Crippen LogP contribution >= 0.6 is 0 Å². The van der Waals surface area contributed by atoms with Gasteiger partial charge in [-0.2, -0.15) is 0 Å². The largest absolute Gasteiger partial charge is 0.457 e. The van der Waals surface area contributed by atoms with E-state index in [9.17, 15) is 14.9 Å². The molecule has 1 amide bonds. The number of aromatic amines is 1. The number of carbonyl (C=O) groups excluding carboxylic acids is 1. The van der Waals surface area contributed by atoms with E-state index in [1.807, 2.05) is 30.3 Å². The maximum atomic E-state index is 12.4. The van der Waals surface area contributed by atoms with Crippen molar-refractivity contribution in [1.82, 2.24) is 9.97 Å². The summed E-state index contributed by atoms with van der Waals surface area (Å²) in [4.78, 5) is 29.7. The zero-order valence-corrected chi connectivity index (χ0v) is 14.5. The number of benzene rings is 3. The topological polar surface area (TPSA) is 110 Å². The Morgan fingerprint density at radius 2 is 1.71 bits per heavy atom. The molecule has 0 aliphatic heterocycles. The number of nitro benzene ring substituents is 1. The zero-order chi connectivity index (χ0) is 19.5. The lowest BCUT2D eigenvalue weighted by molar-refractivity contribution is -0.384. The smallest absolute Gasteiger partial charge is 0.291 e. The van der Waals surface area contributed by atoms with Crippen LogP contribution in [0.2, 0.25) is 0 Å². The first kappa shape index (κ1) is 17.2. The quantitative estimate of drug-likeness (QED) is 0.394. The van der Waals surface area contributed by atoms with Crippen LogP contribution < -0.4 is 10.1 Å². The number of anilines is 1. The van der Waals surface area contributed by atoms with E-state index >= 15 is 0 Å². The van der Waals surface area contributed by atoms with Crippen LogP contribution in [-0.4, -0.2) is 20.8 Å². The summed E-state index contributed by atoms with van der Waals surface area (Å²) < 4.78 is 5.71. The Morgan fingerprint density at radius 3 is 2.43 bits per heavy atom. The molecule has 2 N–H and O–H groups in total. The van der Waals surface area contributed by atoms with Gasteiger partial charge in [-0.25, -0.2) is 4.98 Å². The predicted octanol–water partition coefficient (Wildman–Crippen LogP) is 4.52. The van der Waals surface area contributed by atoms with Gasteiger partial charge in [-0.15, -0.1) is 0 Å². The third-order valence-electron chi connectivity index (χ3n) is 3.98. The number of carbonyl (C=O) groups is 1. The molecule has 0 radical (unpaired) electrons. The minimum Gasteiger partial charge on any atom is -0.457 e. The molecule has 0 saturated carbocycles. The van der Waals surface area contributed by atoms with E-state index in [1.165, 1.54) is 18.2 Å².